The van der Waals surface area contributed by atoms with Gasteiger partial charge in [-0.2, -0.15) is 0 Å². The Morgan fingerprint density at radius 2 is 2.29 bits per heavy atom. The van der Waals surface area contributed by atoms with E-state index < -0.39 is 0 Å². The number of pyridine rings is 1. The lowest BCUT2D eigenvalue weighted by molar-refractivity contribution is 0.111. The van der Waals surface area contributed by atoms with E-state index in [4.69, 9.17) is 0 Å². The maximum Gasteiger partial charge on any atom is 0.169 e. The molecule has 0 bridgehead atoms. The highest BCUT2D eigenvalue weighted by atomic mass is 32.2. The van der Waals surface area contributed by atoms with Crippen LogP contribution in [0, 0.1) is 5.92 Å². The number of aldehydes is 1. The van der Waals surface area contributed by atoms with E-state index in [2.05, 4.69) is 18.8 Å². The molecule has 17 heavy (non-hydrogen) atoms. The second kappa shape index (κ2) is 5.36. The third-order valence-corrected chi connectivity index (χ3v) is 3.59. The van der Waals surface area contributed by atoms with E-state index in [-0.39, 0.29) is 0 Å². The quantitative estimate of drug-likeness (QED) is 0.601. The van der Waals surface area contributed by atoms with Crippen molar-refractivity contribution in [1.29, 1.82) is 0 Å². The molecule has 0 amide bonds. The molecule has 0 aromatic carbocycles. The van der Waals surface area contributed by atoms with Crippen LogP contribution in [0.5, 0.6) is 0 Å². The van der Waals surface area contributed by atoms with Gasteiger partial charge in [0.1, 0.15) is 16.4 Å². The minimum atomic E-state index is 0.661. The second-order valence-electron chi connectivity index (χ2n) is 4.38. The van der Waals surface area contributed by atoms with Crippen LogP contribution in [0.25, 0.3) is 5.65 Å². The molecule has 0 saturated carbocycles. The SMILES string of the molecule is CC(C)CCSc1nc2ccccn2c1C=O. The molecule has 0 aliphatic rings. The summed E-state index contributed by atoms with van der Waals surface area (Å²) in [5, 5.41) is 0.840. The number of thioether (sulfide) groups is 1. The maximum absolute atomic E-state index is 11.1. The van der Waals surface area contributed by atoms with E-state index in [0.29, 0.717) is 11.6 Å². The molecule has 4 heteroatoms. The average molecular weight is 248 g/mol. The minimum Gasteiger partial charge on any atom is -0.296 e. The monoisotopic (exact) mass is 248 g/mol. The van der Waals surface area contributed by atoms with E-state index in [9.17, 15) is 4.79 Å². The van der Waals surface area contributed by atoms with Crippen molar-refractivity contribution in [2.45, 2.75) is 25.3 Å². The zero-order chi connectivity index (χ0) is 12.3. The van der Waals surface area contributed by atoms with Crippen molar-refractivity contribution >= 4 is 23.7 Å². The zero-order valence-electron chi connectivity index (χ0n) is 10.1. The highest BCUT2D eigenvalue weighted by Crippen LogP contribution is 2.23. The Morgan fingerprint density at radius 1 is 1.47 bits per heavy atom. The molecule has 0 saturated heterocycles. The summed E-state index contributed by atoms with van der Waals surface area (Å²) >= 11 is 1.66. The largest absolute Gasteiger partial charge is 0.296 e. The predicted molar refractivity (Wildman–Crippen MR) is 70.8 cm³/mol. The molecule has 2 heterocycles. The molecule has 0 radical (unpaired) electrons. The Balaban J connectivity index is 2.24. The lowest BCUT2D eigenvalue weighted by atomic mass is 10.2. The van der Waals surface area contributed by atoms with Crippen LogP contribution in [0.4, 0.5) is 0 Å². The summed E-state index contributed by atoms with van der Waals surface area (Å²) in [4.78, 5) is 15.6. The molecule has 0 atom stereocenters. The summed E-state index contributed by atoms with van der Waals surface area (Å²) in [5.74, 6) is 1.68. The van der Waals surface area contributed by atoms with Gasteiger partial charge >= 0.3 is 0 Å². The third-order valence-electron chi connectivity index (χ3n) is 2.58. The Kier molecular flexibility index (Phi) is 3.84. The lowest BCUT2D eigenvalue weighted by Gasteiger charge is -2.02. The number of hydrogen-bond donors (Lipinski definition) is 0. The number of hydrogen-bond acceptors (Lipinski definition) is 3. The number of nitrogens with zero attached hydrogens (tertiary/aromatic N) is 2. The smallest absolute Gasteiger partial charge is 0.169 e. The van der Waals surface area contributed by atoms with Gasteiger partial charge in [-0.3, -0.25) is 9.20 Å². The summed E-state index contributed by atoms with van der Waals surface area (Å²) in [6, 6.07) is 5.75. The van der Waals surface area contributed by atoms with Crippen molar-refractivity contribution in [3.05, 3.63) is 30.1 Å². The van der Waals surface area contributed by atoms with Crippen molar-refractivity contribution in [3.63, 3.8) is 0 Å². The van der Waals surface area contributed by atoms with Crippen LogP contribution in [0.1, 0.15) is 30.8 Å². The molecule has 2 aromatic heterocycles. The summed E-state index contributed by atoms with van der Waals surface area (Å²) in [5.41, 5.74) is 1.50. The van der Waals surface area contributed by atoms with Crippen LogP contribution in [-0.2, 0) is 0 Å². The predicted octanol–water partition coefficient (Wildman–Crippen LogP) is 3.29. The van der Waals surface area contributed by atoms with Crippen molar-refractivity contribution in [3.8, 4) is 0 Å². The second-order valence-corrected chi connectivity index (χ2v) is 5.46. The van der Waals surface area contributed by atoms with Gasteiger partial charge in [0.2, 0.25) is 0 Å². The maximum atomic E-state index is 11.1. The first-order valence-corrected chi connectivity index (χ1v) is 6.76. The van der Waals surface area contributed by atoms with Gasteiger partial charge in [-0.15, -0.1) is 11.8 Å². The average Bonchev–Trinajstić information content (AvgIpc) is 2.66. The van der Waals surface area contributed by atoms with Crippen LogP contribution in [0.15, 0.2) is 29.4 Å². The highest BCUT2D eigenvalue weighted by molar-refractivity contribution is 7.99. The zero-order valence-corrected chi connectivity index (χ0v) is 10.9. The molecule has 0 fully saturated rings. The number of fused-ring (bicyclic) bond motifs is 1. The van der Waals surface area contributed by atoms with Crippen LogP contribution < -0.4 is 0 Å². The first-order valence-electron chi connectivity index (χ1n) is 5.77. The first-order chi connectivity index (χ1) is 8.22. The molecule has 3 nitrogen and oxygen atoms in total. The number of aromatic nitrogens is 2. The Labute approximate surface area is 105 Å². The fourth-order valence-electron chi connectivity index (χ4n) is 1.60. The molecule has 0 aliphatic carbocycles. The molecule has 0 aliphatic heterocycles. The molecule has 2 rings (SSSR count). The Morgan fingerprint density at radius 3 is 3.00 bits per heavy atom. The molecule has 0 N–H and O–H groups in total. The molecule has 0 spiro atoms. The van der Waals surface area contributed by atoms with Crippen LogP contribution in [0.2, 0.25) is 0 Å². The van der Waals surface area contributed by atoms with Crippen molar-refractivity contribution in [2.75, 3.05) is 5.75 Å². The van der Waals surface area contributed by atoms with E-state index in [0.717, 1.165) is 29.1 Å². The van der Waals surface area contributed by atoms with E-state index in [1.807, 2.05) is 28.8 Å². The Bertz CT molecular complexity index is 519. The van der Waals surface area contributed by atoms with Gasteiger partial charge < -0.3 is 0 Å². The number of carbonyl (C=O) groups is 1. The topological polar surface area (TPSA) is 34.4 Å². The fourth-order valence-corrected chi connectivity index (χ4v) is 2.83. The molecule has 0 unspecified atom stereocenters. The third kappa shape index (κ3) is 2.69. The van der Waals surface area contributed by atoms with Gasteiger partial charge in [-0.25, -0.2) is 4.98 Å². The molecular formula is C13H16N2OS. The van der Waals surface area contributed by atoms with Gasteiger partial charge in [0.05, 0.1) is 0 Å². The van der Waals surface area contributed by atoms with Gasteiger partial charge in [-0.05, 0) is 30.2 Å². The van der Waals surface area contributed by atoms with Gasteiger partial charge in [0, 0.05) is 6.20 Å². The first kappa shape index (κ1) is 12.2. The highest BCUT2D eigenvalue weighted by Gasteiger charge is 2.11. The Hall–Kier alpha value is -1.29. The van der Waals surface area contributed by atoms with Crippen LogP contribution in [0.3, 0.4) is 0 Å². The molecular weight excluding hydrogens is 232 g/mol. The van der Waals surface area contributed by atoms with E-state index in [1.54, 1.807) is 11.8 Å². The van der Waals surface area contributed by atoms with E-state index >= 15 is 0 Å². The van der Waals surface area contributed by atoms with Crippen molar-refractivity contribution < 1.29 is 4.79 Å². The summed E-state index contributed by atoms with van der Waals surface area (Å²) in [7, 11) is 0. The summed E-state index contributed by atoms with van der Waals surface area (Å²) in [6.45, 7) is 4.40. The van der Waals surface area contributed by atoms with Gasteiger partial charge in [0.25, 0.3) is 0 Å². The normalized spacial score (nSPS) is 11.2. The van der Waals surface area contributed by atoms with Crippen LogP contribution in [-0.4, -0.2) is 21.4 Å². The van der Waals surface area contributed by atoms with E-state index in [1.165, 1.54) is 0 Å². The molecule has 2 aromatic rings. The number of imidazole rings is 1. The molecule has 90 valence electrons. The summed E-state index contributed by atoms with van der Waals surface area (Å²) in [6.07, 6.45) is 3.90. The fraction of sp³-hybridized carbons (Fsp3) is 0.385. The van der Waals surface area contributed by atoms with Gasteiger partial charge in [-0.1, -0.05) is 19.9 Å². The van der Waals surface area contributed by atoms with Crippen molar-refractivity contribution in [2.24, 2.45) is 5.92 Å². The standard InChI is InChI=1S/C13H16N2OS/c1-10(2)6-8-17-13-11(9-16)15-7-4-3-5-12(15)14-13/h3-5,7,9-10H,6,8H2,1-2H3. The number of rotatable bonds is 5. The summed E-state index contributed by atoms with van der Waals surface area (Å²) < 4.78 is 1.84. The van der Waals surface area contributed by atoms with Gasteiger partial charge in [0.15, 0.2) is 6.29 Å². The van der Waals surface area contributed by atoms with Crippen molar-refractivity contribution in [1.82, 2.24) is 9.38 Å². The lowest BCUT2D eigenvalue weighted by Crippen LogP contribution is -1.93. The van der Waals surface area contributed by atoms with Crippen LogP contribution >= 0.6 is 11.8 Å². The minimum absolute atomic E-state index is 0.661. The number of carbonyl (C=O) groups excluding carboxylic acids is 1.